The van der Waals surface area contributed by atoms with Gasteiger partial charge in [-0.2, -0.15) is 4.80 Å². The lowest BCUT2D eigenvalue weighted by atomic mass is 9.82. The molecule has 2 N–H and O–H groups in total. The van der Waals surface area contributed by atoms with Gasteiger partial charge in [0.05, 0.1) is 18.3 Å². The Balaban J connectivity index is 1.48. The monoisotopic (exact) mass is 512 g/mol. The van der Waals surface area contributed by atoms with E-state index in [4.69, 9.17) is 11.6 Å². The molecule has 1 aromatic carbocycles. The highest BCUT2D eigenvalue weighted by atomic mass is 35.5. The van der Waals surface area contributed by atoms with Gasteiger partial charge in [-0.3, -0.25) is 9.78 Å². The van der Waals surface area contributed by atoms with Crippen molar-refractivity contribution in [2.75, 3.05) is 6.54 Å². The van der Waals surface area contributed by atoms with E-state index in [1.165, 1.54) is 19.3 Å². The van der Waals surface area contributed by atoms with Crippen LogP contribution < -0.4 is 5.32 Å². The normalized spacial score (nSPS) is 16.8. The summed E-state index contributed by atoms with van der Waals surface area (Å²) in [6.45, 7) is -0.0681. The van der Waals surface area contributed by atoms with Gasteiger partial charge in [0.15, 0.2) is 0 Å². The maximum Gasteiger partial charge on any atom is 0.251 e. The summed E-state index contributed by atoms with van der Waals surface area (Å²) in [6, 6.07) is 3.66. The minimum absolute atomic E-state index is 0.0118. The van der Waals surface area contributed by atoms with Crippen LogP contribution in [0.15, 0.2) is 24.4 Å². The van der Waals surface area contributed by atoms with Gasteiger partial charge in [-0.1, -0.05) is 11.6 Å². The molecule has 0 aliphatic heterocycles. The first-order chi connectivity index (χ1) is 16.5. The van der Waals surface area contributed by atoms with Gasteiger partial charge in [0.1, 0.15) is 17.2 Å². The molecule has 4 rings (SSSR count). The summed E-state index contributed by atoms with van der Waals surface area (Å²) in [5, 5.41) is 24.4. The van der Waals surface area contributed by atoms with E-state index in [1.54, 1.807) is 0 Å². The van der Waals surface area contributed by atoms with Crippen molar-refractivity contribution < 1.29 is 27.5 Å². The van der Waals surface area contributed by atoms with Crippen LogP contribution >= 0.6 is 11.6 Å². The number of amides is 1. The van der Waals surface area contributed by atoms with Gasteiger partial charge in [0, 0.05) is 42.6 Å². The second-order valence-electron chi connectivity index (χ2n) is 8.46. The van der Waals surface area contributed by atoms with Gasteiger partial charge < -0.3 is 10.4 Å². The zero-order valence-corrected chi connectivity index (χ0v) is 19.3. The summed E-state index contributed by atoms with van der Waals surface area (Å²) >= 11 is 6.01. The number of hydrogen-bond donors (Lipinski definition) is 2. The Hall–Kier alpha value is -3.12. The van der Waals surface area contributed by atoms with Gasteiger partial charge in [0.2, 0.25) is 11.7 Å². The van der Waals surface area contributed by atoms with Crippen LogP contribution in [0.2, 0.25) is 5.02 Å². The van der Waals surface area contributed by atoms with Crippen LogP contribution in [-0.4, -0.2) is 54.3 Å². The van der Waals surface area contributed by atoms with Crippen LogP contribution in [0.25, 0.3) is 22.5 Å². The van der Waals surface area contributed by atoms with Crippen molar-refractivity contribution in [3.63, 3.8) is 0 Å². The lowest BCUT2D eigenvalue weighted by Crippen LogP contribution is -2.51. The Bertz CT molecular complexity index is 1260. The van der Waals surface area contributed by atoms with E-state index >= 15 is 0 Å². The average Bonchev–Trinajstić information content (AvgIpc) is 3.22. The number of tetrazole rings is 1. The van der Waals surface area contributed by atoms with Crippen LogP contribution in [0.4, 0.5) is 17.6 Å². The van der Waals surface area contributed by atoms with Crippen LogP contribution in [0, 0.1) is 11.6 Å². The standard InChI is InChI=1S/C22H21ClF4N6O2/c1-33-31-19(30-32-33)18-14(9-13(23)10-16(18)25)12-8-15(24)17(29-11-12)2-7-28-20(34)21(35)3-5-22(26,27)6-4-21/h8-11,35H,2-7H2,1H3,(H,28,34). The minimum atomic E-state index is -2.89. The summed E-state index contributed by atoms with van der Waals surface area (Å²) < 4.78 is 56.2. The molecule has 2 aromatic heterocycles. The van der Waals surface area contributed by atoms with Gasteiger partial charge in [0.25, 0.3) is 5.91 Å². The first kappa shape index (κ1) is 25.0. The molecule has 1 amide bonds. The second-order valence-corrected chi connectivity index (χ2v) is 8.90. The van der Waals surface area contributed by atoms with Crippen LogP contribution in [0.3, 0.4) is 0 Å². The quantitative estimate of drug-likeness (QED) is 0.490. The van der Waals surface area contributed by atoms with Gasteiger partial charge in [-0.25, -0.2) is 17.6 Å². The number of rotatable bonds is 6. The van der Waals surface area contributed by atoms with Crippen molar-refractivity contribution in [3.05, 3.63) is 46.7 Å². The highest BCUT2D eigenvalue weighted by Crippen LogP contribution is 2.38. The fourth-order valence-electron chi connectivity index (χ4n) is 3.93. The van der Waals surface area contributed by atoms with E-state index in [0.29, 0.717) is 0 Å². The highest BCUT2D eigenvalue weighted by Gasteiger charge is 2.46. The number of halogens is 5. The van der Waals surface area contributed by atoms with Gasteiger partial charge in [-0.05, 0) is 41.8 Å². The highest BCUT2D eigenvalue weighted by molar-refractivity contribution is 6.31. The van der Waals surface area contributed by atoms with E-state index in [9.17, 15) is 27.5 Å². The summed E-state index contributed by atoms with van der Waals surface area (Å²) in [5.74, 6) is -5.11. The predicted octanol–water partition coefficient (Wildman–Crippen LogP) is 3.47. The molecule has 0 saturated heterocycles. The van der Waals surface area contributed by atoms with Crippen molar-refractivity contribution in [1.29, 1.82) is 0 Å². The van der Waals surface area contributed by atoms with E-state index in [0.717, 1.165) is 16.9 Å². The zero-order chi connectivity index (χ0) is 25.4. The molecular weight excluding hydrogens is 492 g/mol. The lowest BCUT2D eigenvalue weighted by molar-refractivity contribution is -0.153. The molecule has 0 atom stereocenters. The molecule has 13 heteroatoms. The number of aromatic nitrogens is 5. The fourth-order valence-corrected chi connectivity index (χ4v) is 4.13. The van der Waals surface area contributed by atoms with E-state index < -0.39 is 41.9 Å². The van der Waals surface area contributed by atoms with Crippen molar-refractivity contribution in [2.45, 2.75) is 43.6 Å². The molecule has 1 aliphatic rings. The van der Waals surface area contributed by atoms with Crippen LogP contribution in [0.5, 0.6) is 0 Å². The molecular formula is C22H21ClF4N6O2. The zero-order valence-electron chi connectivity index (χ0n) is 18.5. The second kappa shape index (κ2) is 9.50. The smallest absolute Gasteiger partial charge is 0.251 e. The third-order valence-corrected chi connectivity index (χ3v) is 6.11. The molecule has 0 unspecified atom stereocenters. The topological polar surface area (TPSA) is 106 Å². The number of alkyl halides is 2. The molecule has 1 aliphatic carbocycles. The number of nitrogens with one attached hydrogen (secondary N) is 1. The number of aliphatic hydroxyl groups is 1. The molecule has 3 aromatic rings. The van der Waals surface area contributed by atoms with E-state index in [2.05, 4.69) is 25.7 Å². The lowest BCUT2D eigenvalue weighted by Gasteiger charge is -2.34. The Morgan fingerprint density at radius 3 is 2.51 bits per heavy atom. The van der Waals surface area contributed by atoms with Crippen molar-refractivity contribution in [2.24, 2.45) is 7.05 Å². The molecule has 186 valence electrons. The fraction of sp³-hybridized carbons (Fsp3) is 0.409. The van der Waals surface area contributed by atoms with Gasteiger partial charge in [-0.15, -0.1) is 10.2 Å². The molecule has 2 heterocycles. The Morgan fingerprint density at radius 1 is 1.17 bits per heavy atom. The van der Waals surface area contributed by atoms with Crippen molar-refractivity contribution in [3.8, 4) is 22.5 Å². The molecule has 1 fully saturated rings. The Kier molecular flexibility index (Phi) is 6.78. The Morgan fingerprint density at radius 2 is 1.89 bits per heavy atom. The van der Waals surface area contributed by atoms with Crippen LogP contribution in [0.1, 0.15) is 31.4 Å². The first-order valence-electron chi connectivity index (χ1n) is 10.7. The number of benzene rings is 1. The third kappa shape index (κ3) is 5.43. The summed E-state index contributed by atoms with van der Waals surface area (Å²) in [5.41, 5.74) is -1.45. The molecule has 0 radical (unpaired) electrons. The average molecular weight is 513 g/mol. The van der Waals surface area contributed by atoms with Crippen molar-refractivity contribution in [1.82, 2.24) is 30.5 Å². The minimum Gasteiger partial charge on any atom is -0.380 e. The predicted molar refractivity (Wildman–Crippen MR) is 117 cm³/mol. The SMILES string of the molecule is Cn1nnc(-c2c(F)cc(Cl)cc2-c2cnc(CCNC(=O)C3(O)CCC(F)(F)CC3)c(F)c2)n1. The molecule has 1 saturated carbocycles. The van der Waals surface area contributed by atoms with E-state index in [-0.39, 0.29) is 59.0 Å². The number of pyridine rings is 1. The molecule has 8 nitrogen and oxygen atoms in total. The summed E-state index contributed by atoms with van der Waals surface area (Å²) in [7, 11) is 1.51. The van der Waals surface area contributed by atoms with E-state index in [1.807, 2.05) is 0 Å². The third-order valence-electron chi connectivity index (χ3n) is 5.89. The number of carbonyl (C=O) groups is 1. The number of carbonyl (C=O) groups excluding carboxylic acids is 1. The number of hydrogen-bond acceptors (Lipinski definition) is 6. The number of nitrogens with zero attached hydrogens (tertiary/aromatic N) is 5. The molecule has 0 bridgehead atoms. The number of aryl methyl sites for hydroxylation is 1. The molecule has 35 heavy (non-hydrogen) atoms. The van der Waals surface area contributed by atoms with Gasteiger partial charge >= 0.3 is 0 Å². The molecule has 0 spiro atoms. The summed E-state index contributed by atoms with van der Waals surface area (Å²) in [6.07, 6.45) is -0.567. The van der Waals surface area contributed by atoms with Crippen LogP contribution in [-0.2, 0) is 18.3 Å². The maximum absolute atomic E-state index is 14.8. The Labute approximate surface area is 202 Å². The maximum atomic E-state index is 14.8. The first-order valence-corrected chi connectivity index (χ1v) is 11.1. The summed E-state index contributed by atoms with van der Waals surface area (Å²) in [4.78, 5) is 17.5. The largest absolute Gasteiger partial charge is 0.380 e. The van der Waals surface area contributed by atoms with Crippen molar-refractivity contribution >= 4 is 17.5 Å².